The maximum absolute atomic E-state index is 11.3. The number of aromatic amines is 1. The molecule has 2 aromatic rings. The second-order valence-corrected chi connectivity index (χ2v) is 4.77. The lowest BCUT2D eigenvalue weighted by molar-refractivity contribution is -0.384. The van der Waals surface area contributed by atoms with E-state index in [0.717, 1.165) is 0 Å². The number of hydrogen-bond donors (Lipinski definition) is 3. The summed E-state index contributed by atoms with van der Waals surface area (Å²) in [5.41, 5.74) is 1.05. The van der Waals surface area contributed by atoms with Crippen molar-refractivity contribution in [3.8, 4) is 0 Å². The van der Waals surface area contributed by atoms with Crippen molar-refractivity contribution in [2.24, 2.45) is 0 Å². The minimum Gasteiger partial charge on any atom is -0.480 e. The Balaban J connectivity index is 1.99. The van der Waals surface area contributed by atoms with Crippen LogP contribution in [0.25, 0.3) is 11.0 Å². The number of benzene rings is 1. The molecule has 2 heterocycles. The Hall–Kier alpha value is -2.68. The highest BCUT2D eigenvalue weighted by atomic mass is 16.6. The minimum absolute atomic E-state index is 0.0344. The number of nitro groups is 1. The van der Waals surface area contributed by atoms with Gasteiger partial charge < -0.3 is 20.3 Å². The number of anilines is 1. The Morgan fingerprint density at radius 3 is 3.05 bits per heavy atom. The van der Waals surface area contributed by atoms with Crippen LogP contribution in [0.3, 0.4) is 0 Å². The molecule has 1 fully saturated rings. The van der Waals surface area contributed by atoms with Crippen molar-refractivity contribution < 1.29 is 14.8 Å². The van der Waals surface area contributed by atoms with Crippen LogP contribution in [0, 0.1) is 10.1 Å². The molecule has 0 unspecified atom stereocenters. The molecule has 3 rings (SSSR count). The number of nitro benzene ring substituents is 1. The third kappa shape index (κ3) is 2.38. The van der Waals surface area contributed by atoms with Crippen molar-refractivity contribution >= 4 is 28.6 Å². The second kappa shape index (κ2) is 5.02. The van der Waals surface area contributed by atoms with E-state index in [2.05, 4.69) is 15.3 Å². The topological polar surface area (TPSA) is 124 Å². The molecule has 1 aliphatic rings. The predicted octanol–water partition coefficient (Wildman–Crippen LogP) is 0.334. The highest BCUT2D eigenvalue weighted by Crippen LogP contribution is 2.23. The number of carbonyl (C=O) groups is 1. The lowest BCUT2D eigenvalue weighted by Crippen LogP contribution is -2.55. The van der Waals surface area contributed by atoms with Crippen molar-refractivity contribution in [2.45, 2.75) is 6.04 Å². The normalized spacial score (nSPS) is 18.9. The van der Waals surface area contributed by atoms with E-state index in [9.17, 15) is 20.0 Å². The molecule has 0 radical (unpaired) electrons. The fourth-order valence-corrected chi connectivity index (χ4v) is 2.41. The van der Waals surface area contributed by atoms with Crippen molar-refractivity contribution in [1.82, 2.24) is 15.3 Å². The largest absolute Gasteiger partial charge is 0.480 e. The van der Waals surface area contributed by atoms with E-state index in [-0.39, 0.29) is 5.69 Å². The van der Waals surface area contributed by atoms with Gasteiger partial charge in [0.1, 0.15) is 6.04 Å². The van der Waals surface area contributed by atoms with Crippen LogP contribution in [0.15, 0.2) is 18.2 Å². The van der Waals surface area contributed by atoms with Gasteiger partial charge >= 0.3 is 5.97 Å². The average Bonchev–Trinajstić information content (AvgIpc) is 2.89. The summed E-state index contributed by atoms with van der Waals surface area (Å²) >= 11 is 0. The van der Waals surface area contributed by atoms with Gasteiger partial charge in [-0.25, -0.2) is 9.78 Å². The minimum atomic E-state index is -0.936. The van der Waals surface area contributed by atoms with Crippen LogP contribution in [0.4, 0.5) is 11.6 Å². The van der Waals surface area contributed by atoms with Gasteiger partial charge in [-0.15, -0.1) is 0 Å². The van der Waals surface area contributed by atoms with Crippen LogP contribution < -0.4 is 10.2 Å². The van der Waals surface area contributed by atoms with Crippen molar-refractivity contribution in [1.29, 1.82) is 0 Å². The van der Waals surface area contributed by atoms with Crippen LogP contribution in [0.5, 0.6) is 0 Å². The number of nitrogens with one attached hydrogen (secondary N) is 2. The van der Waals surface area contributed by atoms with Crippen molar-refractivity contribution in [2.75, 3.05) is 24.5 Å². The summed E-state index contributed by atoms with van der Waals surface area (Å²) in [4.78, 5) is 30.5. The fourth-order valence-electron chi connectivity index (χ4n) is 2.41. The summed E-state index contributed by atoms with van der Waals surface area (Å²) in [7, 11) is 0. The third-order valence-corrected chi connectivity index (χ3v) is 3.46. The Morgan fingerprint density at radius 1 is 1.52 bits per heavy atom. The first-order valence-electron chi connectivity index (χ1n) is 6.40. The van der Waals surface area contributed by atoms with Gasteiger partial charge in [-0.3, -0.25) is 10.1 Å². The molecule has 0 amide bonds. The predicted molar refractivity (Wildman–Crippen MR) is 74.4 cm³/mol. The van der Waals surface area contributed by atoms with Crippen molar-refractivity contribution in [3.05, 3.63) is 28.3 Å². The fraction of sp³-hybridized carbons (Fsp3) is 0.333. The number of non-ortho nitro benzene ring substituents is 1. The lowest BCUT2D eigenvalue weighted by atomic mass is 10.2. The zero-order valence-corrected chi connectivity index (χ0v) is 10.9. The Labute approximate surface area is 118 Å². The number of aromatic nitrogens is 2. The zero-order chi connectivity index (χ0) is 15.0. The molecular weight excluding hydrogens is 278 g/mol. The maximum atomic E-state index is 11.3. The molecule has 0 aliphatic carbocycles. The summed E-state index contributed by atoms with van der Waals surface area (Å²) in [5, 5.41) is 23.0. The molecule has 1 aliphatic heterocycles. The number of hydrogen-bond acceptors (Lipinski definition) is 6. The molecule has 1 aromatic heterocycles. The summed E-state index contributed by atoms with van der Waals surface area (Å²) in [6, 6.07) is 3.60. The van der Waals surface area contributed by atoms with Gasteiger partial charge in [-0.1, -0.05) is 0 Å². The van der Waals surface area contributed by atoms with Gasteiger partial charge in [0.05, 0.1) is 16.0 Å². The van der Waals surface area contributed by atoms with Gasteiger partial charge in [0.25, 0.3) is 5.69 Å². The SMILES string of the molecule is O=C(O)[C@H]1CNCCN1c1nc2ccc([N+](=O)[O-])cc2[nH]1. The van der Waals surface area contributed by atoms with Crippen LogP contribution in [-0.2, 0) is 4.79 Å². The number of imidazole rings is 1. The number of rotatable bonds is 3. The van der Waals surface area contributed by atoms with E-state index in [1.54, 1.807) is 11.0 Å². The molecule has 21 heavy (non-hydrogen) atoms. The molecule has 9 nitrogen and oxygen atoms in total. The van der Waals surface area contributed by atoms with Crippen LogP contribution >= 0.6 is 0 Å². The van der Waals surface area contributed by atoms with E-state index >= 15 is 0 Å². The number of carboxylic acids is 1. The molecule has 1 aromatic carbocycles. The molecule has 110 valence electrons. The molecule has 3 N–H and O–H groups in total. The highest BCUT2D eigenvalue weighted by molar-refractivity contribution is 5.82. The first-order chi connectivity index (χ1) is 10.1. The quantitative estimate of drug-likeness (QED) is 0.550. The number of carboxylic acid groups (broad SMARTS) is 1. The van der Waals surface area contributed by atoms with Gasteiger partial charge in [-0.05, 0) is 6.07 Å². The maximum Gasteiger partial charge on any atom is 0.327 e. The van der Waals surface area contributed by atoms with Gasteiger partial charge in [0.15, 0.2) is 0 Å². The highest BCUT2D eigenvalue weighted by Gasteiger charge is 2.30. The standard InChI is InChI=1S/C12H13N5O4/c18-11(19)10-6-13-3-4-16(10)12-14-8-2-1-7(17(20)21)5-9(8)15-12/h1-2,5,10,13H,3-4,6H2,(H,14,15)(H,18,19)/t10-/m1/s1. The first kappa shape index (κ1) is 13.3. The van der Waals surface area contributed by atoms with Crippen LogP contribution in [0.1, 0.15) is 0 Å². The smallest absolute Gasteiger partial charge is 0.327 e. The number of piperazine rings is 1. The van der Waals surface area contributed by atoms with Crippen LogP contribution in [0.2, 0.25) is 0 Å². The van der Waals surface area contributed by atoms with Gasteiger partial charge in [0.2, 0.25) is 5.95 Å². The molecule has 1 saturated heterocycles. The Bertz CT molecular complexity index is 713. The van der Waals surface area contributed by atoms with Crippen molar-refractivity contribution in [3.63, 3.8) is 0 Å². The molecule has 9 heteroatoms. The molecule has 0 spiro atoms. The van der Waals surface area contributed by atoms with Crippen LogP contribution in [-0.4, -0.2) is 51.6 Å². The molecule has 0 bridgehead atoms. The first-order valence-corrected chi connectivity index (χ1v) is 6.40. The van der Waals surface area contributed by atoms with E-state index in [1.807, 2.05) is 0 Å². The Kier molecular flexibility index (Phi) is 3.18. The van der Waals surface area contributed by atoms with E-state index in [0.29, 0.717) is 36.6 Å². The zero-order valence-electron chi connectivity index (χ0n) is 10.9. The van der Waals surface area contributed by atoms with Gasteiger partial charge in [-0.2, -0.15) is 0 Å². The summed E-state index contributed by atoms with van der Waals surface area (Å²) in [6.07, 6.45) is 0. The molecular formula is C12H13N5O4. The number of H-pyrrole nitrogens is 1. The second-order valence-electron chi connectivity index (χ2n) is 4.77. The van der Waals surface area contributed by atoms with E-state index in [4.69, 9.17) is 0 Å². The summed E-state index contributed by atoms with van der Waals surface area (Å²) in [6.45, 7) is 1.48. The van der Waals surface area contributed by atoms with Gasteiger partial charge in [0, 0.05) is 31.8 Å². The van der Waals surface area contributed by atoms with E-state index < -0.39 is 16.9 Å². The average molecular weight is 291 g/mol. The Morgan fingerprint density at radius 2 is 2.33 bits per heavy atom. The monoisotopic (exact) mass is 291 g/mol. The number of fused-ring (bicyclic) bond motifs is 1. The molecule has 1 atom stereocenters. The lowest BCUT2D eigenvalue weighted by Gasteiger charge is -2.33. The number of nitrogens with zero attached hydrogens (tertiary/aromatic N) is 3. The third-order valence-electron chi connectivity index (χ3n) is 3.46. The summed E-state index contributed by atoms with van der Waals surface area (Å²) < 4.78 is 0. The summed E-state index contributed by atoms with van der Waals surface area (Å²) in [5.74, 6) is -0.520. The molecule has 0 saturated carbocycles. The number of aliphatic carboxylic acids is 1. The van der Waals surface area contributed by atoms with E-state index in [1.165, 1.54) is 12.1 Å².